The summed E-state index contributed by atoms with van der Waals surface area (Å²) in [6, 6.07) is 0. The maximum absolute atomic E-state index is 5.89. The molecule has 1 aliphatic carbocycles. The Balaban J connectivity index is 2.75. The Hall–Kier alpha value is -0.0800. The first kappa shape index (κ1) is 10.0. The molecule has 2 heteroatoms. The van der Waals surface area contributed by atoms with Crippen LogP contribution >= 0.6 is 0 Å². The first-order chi connectivity index (χ1) is 5.67. The van der Waals surface area contributed by atoms with Gasteiger partial charge in [-0.3, -0.25) is 0 Å². The molecule has 2 unspecified atom stereocenters. The third-order valence-corrected chi connectivity index (χ3v) is 3.66. The van der Waals surface area contributed by atoms with Crippen LogP contribution < -0.4 is 5.73 Å². The summed E-state index contributed by atoms with van der Waals surface area (Å²) in [5.41, 5.74) is 6.21. The van der Waals surface area contributed by atoms with Gasteiger partial charge in [-0.15, -0.1) is 0 Å². The highest BCUT2D eigenvalue weighted by Gasteiger charge is 2.42. The van der Waals surface area contributed by atoms with Gasteiger partial charge in [-0.25, -0.2) is 0 Å². The van der Waals surface area contributed by atoms with E-state index in [1.165, 1.54) is 25.7 Å². The fourth-order valence-electron chi connectivity index (χ4n) is 2.75. The Morgan fingerprint density at radius 2 is 2.17 bits per heavy atom. The summed E-state index contributed by atoms with van der Waals surface area (Å²) >= 11 is 0. The van der Waals surface area contributed by atoms with E-state index in [0.29, 0.717) is 5.54 Å². The van der Waals surface area contributed by atoms with Crippen LogP contribution in [0.5, 0.6) is 0 Å². The second kappa shape index (κ2) is 3.75. The highest BCUT2D eigenvalue weighted by molar-refractivity contribution is 4.99. The summed E-state index contributed by atoms with van der Waals surface area (Å²) in [4.78, 5) is 2.34. The molecular formula is C10H22N2. The van der Waals surface area contributed by atoms with Crippen molar-refractivity contribution in [1.29, 1.82) is 0 Å². The van der Waals surface area contributed by atoms with E-state index in [2.05, 4.69) is 25.9 Å². The van der Waals surface area contributed by atoms with E-state index in [9.17, 15) is 0 Å². The number of hydrogen-bond donors (Lipinski definition) is 1. The third-order valence-electron chi connectivity index (χ3n) is 3.66. The van der Waals surface area contributed by atoms with Crippen molar-refractivity contribution in [2.45, 2.75) is 38.1 Å². The van der Waals surface area contributed by atoms with Crippen molar-refractivity contribution in [3.05, 3.63) is 0 Å². The number of hydrogen-bond acceptors (Lipinski definition) is 2. The molecule has 72 valence electrons. The van der Waals surface area contributed by atoms with Crippen LogP contribution in [0, 0.1) is 5.92 Å². The van der Waals surface area contributed by atoms with Gasteiger partial charge in [0, 0.05) is 12.1 Å². The fourth-order valence-corrected chi connectivity index (χ4v) is 2.75. The number of rotatable bonds is 3. The lowest BCUT2D eigenvalue weighted by Crippen LogP contribution is -2.52. The largest absolute Gasteiger partial charge is 0.329 e. The molecule has 1 fully saturated rings. The molecule has 0 aromatic carbocycles. The van der Waals surface area contributed by atoms with Crippen molar-refractivity contribution in [3.63, 3.8) is 0 Å². The van der Waals surface area contributed by atoms with E-state index in [4.69, 9.17) is 5.73 Å². The molecule has 0 heterocycles. The SMILES string of the molecule is CCC1CCCC1(CN)N(C)C. The molecule has 1 aliphatic rings. The van der Waals surface area contributed by atoms with E-state index >= 15 is 0 Å². The fraction of sp³-hybridized carbons (Fsp3) is 1.00. The molecule has 12 heavy (non-hydrogen) atoms. The van der Waals surface area contributed by atoms with Crippen LogP contribution in [-0.2, 0) is 0 Å². The standard InChI is InChI=1S/C10H22N2/c1-4-9-6-5-7-10(9,8-11)12(2)3/h9H,4-8,11H2,1-3H3. The van der Waals surface area contributed by atoms with Crippen molar-refractivity contribution >= 4 is 0 Å². The average Bonchev–Trinajstić information content (AvgIpc) is 2.47. The quantitative estimate of drug-likeness (QED) is 0.694. The van der Waals surface area contributed by atoms with Crippen LogP contribution in [0.25, 0.3) is 0 Å². The van der Waals surface area contributed by atoms with E-state index < -0.39 is 0 Å². The zero-order chi connectivity index (χ0) is 9.19. The van der Waals surface area contributed by atoms with E-state index in [-0.39, 0.29) is 0 Å². The summed E-state index contributed by atoms with van der Waals surface area (Å²) in [7, 11) is 4.34. The normalized spacial score (nSPS) is 36.2. The minimum Gasteiger partial charge on any atom is -0.329 e. The number of nitrogens with two attached hydrogens (primary N) is 1. The third kappa shape index (κ3) is 1.38. The monoisotopic (exact) mass is 170 g/mol. The van der Waals surface area contributed by atoms with Crippen molar-refractivity contribution < 1.29 is 0 Å². The Morgan fingerprint density at radius 1 is 1.50 bits per heavy atom. The molecular weight excluding hydrogens is 148 g/mol. The summed E-state index contributed by atoms with van der Waals surface area (Å²) < 4.78 is 0. The summed E-state index contributed by atoms with van der Waals surface area (Å²) in [5.74, 6) is 0.817. The van der Waals surface area contributed by atoms with Crippen molar-refractivity contribution in [2.24, 2.45) is 11.7 Å². The highest BCUT2D eigenvalue weighted by Crippen LogP contribution is 2.40. The Labute approximate surface area is 76.1 Å². The van der Waals surface area contributed by atoms with Gasteiger partial charge in [0.05, 0.1) is 0 Å². The van der Waals surface area contributed by atoms with E-state index in [1.807, 2.05) is 0 Å². The van der Waals surface area contributed by atoms with Crippen molar-refractivity contribution in [1.82, 2.24) is 4.90 Å². The second-order valence-corrected chi connectivity index (χ2v) is 4.20. The molecule has 2 atom stereocenters. The number of nitrogens with zero attached hydrogens (tertiary/aromatic N) is 1. The van der Waals surface area contributed by atoms with Crippen molar-refractivity contribution in [3.8, 4) is 0 Å². The van der Waals surface area contributed by atoms with Gasteiger partial charge < -0.3 is 10.6 Å². The molecule has 0 bridgehead atoms. The van der Waals surface area contributed by atoms with Crippen LogP contribution in [0.2, 0.25) is 0 Å². The molecule has 0 aliphatic heterocycles. The molecule has 1 rings (SSSR count). The zero-order valence-electron chi connectivity index (χ0n) is 8.64. The summed E-state index contributed by atoms with van der Waals surface area (Å²) in [6.07, 6.45) is 5.28. The molecule has 0 saturated heterocycles. The van der Waals surface area contributed by atoms with Crippen LogP contribution in [0.1, 0.15) is 32.6 Å². The predicted molar refractivity (Wildman–Crippen MR) is 53.1 cm³/mol. The van der Waals surface area contributed by atoms with Crippen LogP contribution in [0.15, 0.2) is 0 Å². The van der Waals surface area contributed by atoms with Gasteiger partial charge in [-0.05, 0) is 32.9 Å². The minimum atomic E-state index is 0.314. The van der Waals surface area contributed by atoms with Gasteiger partial charge in [0.1, 0.15) is 0 Å². The van der Waals surface area contributed by atoms with Gasteiger partial charge in [-0.2, -0.15) is 0 Å². The molecule has 0 amide bonds. The Bertz CT molecular complexity index is 145. The highest BCUT2D eigenvalue weighted by atomic mass is 15.2. The Kier molecular flexibility index (Phi) is 3.13. The molecule has 0 radical (unpaired) electrons. The van der Waals surface area contributed by atoms with Gasteiger partial charge in [-0.1, -0.05) is 19.8 Å². The summed E-state index contributed by atoms with van der Waals surface area (Å²) in [5, 5.41) is 0. The van der Waals surface area contributed by atoms with Gasteiger partial charge in [0.15, 0.2) is 0 Å². The maximum atomic E-state index is 5.89. The maximum Gasteiger partial charge on any atom is 0.0353 e. The lowest BCUT2D eigenvalue weighted by atomic mass is 9.84. The molecule has 2 nitrogen and oxygen atoms in total. The first-order valence-corrected chi connectivity index (χ1v) is 5.05. The molecule has 0 spiro atoms. The minimum absolute atomic E-state index is 0.314. The van der Waals surface area contributed by atoms with Crippen LogP contribution in [0.3, 0.4) is 0 Å². The summed E-state index contributed by atoms with van der Waals surface area (Å²) in [6.45, 7) is 3.10. The lowest BCUT2D eigenvalue weighted by molar-refractivity contribution is 0.109. The topological polar surface area (TPSA) is 29.3 Å². The van der Waals surface area contributed by atoms with Gasteiger partial charge >= 0.3 is 0 Å². The Morgan fingerprint density at radius 3 is 2.50 bits per heavy atom. The molecule has 1 saturated carbocycles. The lowest BCUT2D eigenvalue weighted by Gasteiger charge is -2.40. The smallest absolute Gasteiger partial charge is 0.0353 e. The zero-order valence-corrected chi connectivity index (χ0v) is 8.64. The average molecular weight is 170 g/mol. The van der Waals surface area contributed by atoms with Gasteiger partial charge in [0.2, 0.25) is 0 Å². The predicted octanol–water partition coefficient (Wildman–Crippen LogP) is 1.46. The van der Waals surface area contributed by atoms with E-state index in [1.54, 1.807) is 0 Å². The van der Waals surface area contributed by atoms with E-state index in [0.717, 1.165) is 12.5 Å². The molecule has 0 aromatic heterocycles. The molecule has 0 aromatic rings. The van der Waals surface area contributed by atoms with Crippen LogP contribution in [-0.4, -0.2) is 31.1 Å². The molecule has 2 N–H and O–H groups in total. The van der Waals surface area contributed by atoms with Crippen molar-refractivity contribution in [2.75, 3.05) is 20.6 Å². The number of likely N-dealkylation sites (N-methyl/N-ethyl adjacent to an activating group) is 1. The second-order valence-electron chi connectivity index (χ2n) is 4.20. The van der Waals surface area contributed by atoms with Gasteiger partial charge in [0.25, 0.3) is 0 Å². The van der Waals surface area contributed by atoms with Crippen LogP contribution in [0.4, 0.5) is 0 Å². The first-order valence-electron chi connectivity index (χ1n) is 5.05.